The first-order valence-electron chi connectivity index (χ1n) is 11.9. The van der Waals surface area contributed by atoms with Crippen LogP contribution in [0.1, 0.15) is 51.5 Å². The fourth-order valence-corrected chi connectivity index (χ4v) is 5.35. The monoisotopic (exact) mass is 459 g/mol. The maximum absolute atomic E-state index is 13.5. The molecule has 1 aliphatic carbocycles. The van der Waals surface area contributed by atoms with Crippen molar-refractivity contribution in [2.45, 2.75) is 70.7 Å². The van der Waals surface area contributed by atoms with E-state index in [1.54, 1.807) is 34.1 Å². The van der Waals surface area contributed by atoms with Gasteiger partial charge in [0, 0.05) is 19.6 Å². The van der Waals surface area contributed by atoms with Gasteiger partial charge in [0.25, 0.3) is 0 Å². The number of nitrogens with zero attached hydrogens (tertiary/aromatic N) is 4. The van der Waals surface area contributed by atoms with E-state index in [9.17, 15) is 18.8 Å². The Labute approximate surface area is 194 Å². The first kappa shape index (κ1) is 23.5. The molecule has 4 amide bonds. The standard InChI is InChI=1S/C24H34FN5O3/c1-16(2)12-20-23(32)28(19-6-4-5-7-19)14-21-29(20)22(31)15-27(3)30(21)24(33)26-13-17-8-10-18(25)11-9-17/h8-11,16,19-21H,4-7,12-15H2,1-3H3,(H,26,33)/t20-,21?/m0/s1. The van der Waals surface area contributed by atoms with Crippen molar-refractivity contribution in [1.82, 2.24) is 25.1 Å². The molecule has 3 aliphatic rings. The minimum absolute atomic E-state index is 0.0106. The molecule has 1 unspecified atom stereocenters. The summed E-state index contributed by atoms with van der Waals surface area (Å²) < 4.78 is 13.2. The summed E-state index contributed by atoms with van der Waals surface area (Å²) in [6, 6.07) is 5.25. The first-order valence-corrected chi connectivity index (χ1v) is 11.9. The van der Waals surface area contributed by atoms with Gasteiger partial charge in [-0.1, -0.05) is 38.8 Å². The Morgan fingerprint density at radius 1 is 1.15 bits per heavy atom. The zero-order valence-corrected chi connectivity index (χ0v) is 19.7. The second-order valence-corrected chi connectivity index (χ2v) is 9.80. The molecule has 180 valence electrons. The molecule has 1 N–H and O–H groups in total. The van der Waals surface area contributed by atoms with Crippen LogP contribution in [0.2, 0.25) is 0 Å². The topological polar surface area (TPSA) is 76.2 Å². The largest absolute Gasteiger partial charge is 0.334 e. The molecule has 2 saturated heterocycles. The van der Waals surface area contributed by atoms with Gasteiger partial charge in [0.05, 0.1) is 13.1 Å². The van der Waals surface area contributed by atoms with Gasteiger partial charge in [0.15, 0.2) is 0 Å². The number of rotatable bonds is 5. The van der Waals surface area contributed by atoms with Crippen LogP contribution < -0.4 is 5.32 Å². The number of carbonyl (C=O) groups is 3. The van der Waals surface area contributed by atoms with E-state index >= 15 is 0 Å². The lowest BCUT2D eigenvalue weighted by atomic mass is 9.96. The van der Waals surface area contributed by atoms with E-state index in [4.69, 9.17) is 0 Å². The van der Waals surface area contributed by atoms with E-state index in [1.165, 1.54) is 12.1 Å². The van der Waals surface area contributed by atoms with E-state index in [2.05, 4.69) is 5.32 Å². The van der Waals surface area contributed by atoms with Crippen molar-refractivity contribution >= 4 is 17.8 Å². The molecule has 4 rings (SSSR count). The zero-order chi connectivity index (χ0) is 23.7. The molecular formula is C24H34FN5O3. The highest BCUT2D eigenvalue weighted by Gasteiger charge is 2.51. The van der Waals surface area contributed by atoms with Gasteiger partial charge in [0.1, 0.15) is 18.0 Å². The summed E-state index contributed by atoms with van der Waals surface area (Å²) in [5.74, 6) is -0.215. The molecule has 2 heterocycles. The number of benzene rings is 1. The summed E-state index contributed by atoms with van der Waals surface area (Å²) in [4.78, 5) is 43.5. The molecule has 2 aliphatic heterocycles. The lowest BCUT2D eigenvalue weighted by Gasteiger charge is -2.55. The quantitative estimate of drug-likeness (QED) is 0.734. The van der Waals surface area contributed by atoms with Gasteiger partial charge in [-0.05, 0) is 42.9 Å². The number of halogens is 1. The summed E-state index contributed by atoms with van der Waals surface area (Å²) in [7, 11) is 1.72. The number of hydrazine groups is 1. The summed E-state index contributed by atoms with van der Waals surface area (Å²) in [5, 5.41) is 6.11. The molecule has 2 atom stereocenters. The summed E-state index contributed by atoms with van der Waals surface area (Å²) >= 11 is 0. The molecule has 0 bridgehead atoms. The van der Waals surface area contributed by atoms with Crippen molar-refractivity contribution in [2.24, 2.45) is 5.92 Å². The fourth-order valence-electron chi connectivity index (χ4n) is 5.35. The molecular weight excluding hydrogens is 425 g/mol. The lowest BCUT2D eigenvalue weighted by molar-refractivity contribution is -0.190. The highest BCUT2D eigenvalue weighted by Crippen LogP contribution is 2.33. The van der Waals surface area contributed by atoms with Crippen LogP contribution in [-0.4, -0.2) is 76.0 Å². The van der Waals surface area contributed by atoms with Crippen molar-refractivity contribution < 1.29 is 18.8 Å². The number of fused-ring (bicyclic) bond motifs is 1. The van der Waals surface area contributed by atoms with E-state index in [1.807, 2.05) is 18.7 Å². The number of hydrogen-bond acceptors (Lipinski definition) is 4. The van der Waals surface area contributed by atoms with Crippen LogP contribution in [0.15, 0.2) is 24.3 Å². The second-order valence-electron chi connectivity index (χ2n) is 9.80. The van der Waals surface area contributed by atoms with Crippen molar-refractivity contribution in [3.63, 3.8) is 0 Å². The Bertz CT molecular complexity index is 887. The number of amides is 4. The molecule has 8 nitrogen and oxygen atoms in total. The zero-order valence-electron chi connectivity index (χ0n) is 19.7. The number of carbonyl (C=O) groups excluding carboxylic acids is 3. The number of hydrogen-bond donors (Lipinski definition) is 1. The van der Waals surface area contributed by atoms with Gasteiger partial charge in [-0.25, -0.2) is 19.2 Å². The van der Waals surface area contributed by atoms with Gasteiger partial charge in [0.2, 0.25) is 11.8 Å². The smallest absolute Gasteiger partial charge is 0.334 e. The van der Waals surface area contributed by atoms with Crippen LogP contribution >= 0.6 is 0 Å². The molecule has 1 saturated carbocycles. The van der Waals surface area contributed by atoms with Crippen molar-refractivity contribution in [1.29, 1.82) is 0 Å². The fraction of sp³-hybridized carbons (Fsp3) is 0.625. The lowest BCUT2D eigenvalue weighted by Crippen LogP contribution is -2.76. The van der Waals surface area contributed by atoms with E-state index in [0.717, 1.165) is 31.2 Å². The Balaban J connectivity index is 1.58. The molecule has 0 aromatic heterocycles. The summed E-state index contributed by atoms with van der Waals surface area (Å²) in [6.07, 6.45) is 4.14. The Kier molecular flexibility index (Phi) is 6.88. The van der Waals surface area contributed by atoms with E-state index < -0.39 is 12.2 Å². The number of piperazine rings is 1. The average Bonchev–Trinajstić information content (AvgIpc) is 3.29. The predicted molar refractivity (Wildman–Crippen MR) is 121 cm³/mol. The van der Waals surface area contributed by atoms with Gasteiger partial charge >= 0.3 is 6.03 Å². The molecule has 3 fully saturated rings. The number of nitrogens with one attached hydrogen (secondary N) is 1. The average molecular weight is 460 g/mol. The van der Waals surface area contributed by atoms with Gasteiger partial charge in [-0.2, -0.15) is 0 Å². The Morgan fingerprint density at radius 2 is 1.82 bits per heavy atom. The third-order valence-corrected chi connectivity index (χ3v) is 6.91. The second kappa shape index (κ2) is 9.67. The molecule has 1 aromatic carbocycles. The van der Waals surface area contributed by atoms with E-state index in [-0.39, 0.29) is 48.7 Å². The van der Waals surface area contributed by atoms with Crippen molar-refractivity contribution in [2.75, 3.05) is 20.1 Å². The molecule has 1 aromatic rings. The Morgan fingerprint density at radius 3 is 2.45 bits per heavy atom. The molecule has 0 spiro atoms. The number of urea groups is 1. The normalized spacial score (nSPS) is 24.6. The third kappa shape index (κ3) is 4.83. The highest BCUT2D eigenvalue weighted by molar-refractivity contribution is 5.91. The minimum atomic E-state index is -0.557. The van der Waals surface area contributed by atoms with Gasteiger partial charge in [-0.15, -0.1) is 0 Å². The Hall–Kier alpha value is -2.68. The van der Waals surface area contributed by atoms with Gasteiger partial charge < -0.3 is 15.1 Å². The maximum Gasteiger partial charge on any atom is 0.334 e. The first-order chi connectivity index (χ1) is 15.8. The van der Waals surface area contributed by atoms with Crippen LogP contribution in [0.5, 0.6) is 0 Å². The molecule has 33 heavy (non-hydrogen) atoms. The maximum atomic E-state index is 13.5. The van der Waals surface area contributed by atoms with E-state index in [0.29, 0.717) is 13.0 Å². The number of likely N-dealkylation sites (N-methyl/N-ethyl adjacent to an activating group) is 1. The predicted octanol–water partition coefficient (Wildman–Crippen LogP) is 2.55. The summed E-state index contributed by atoms with van der Waals surface area (Å²) in [5.41, 5.74) is 0.779. The van der Waals surface area contributed by atoms with Crippen molar-refractivity contribution in [3.8, 4) is 0 Å². The van der Waals surface area contributed by atoms with Crippen LogP contribution in [0.4, 0.5) is 9.18 Å². The highest BCUT2D eigenvalue weighted by atomic mass is 19.1. The van der Waals surface area contributed by atoms with Crippen LogP contribution in [0.3, 0.4) is 0 Å². The SMILES string of the molecule is CC(C)C[C@H]1C(=O)N(C2CCCC2)CC2N1C(=O)CN(C)N2C(=O)NCc1ccc(F)cc1. The van der Waals surface area contributed by atoms with Crippen LogP contribution in [-0.2, 0) is 16.1 Å². The molecule has 9 heteroatoms. The summed E-state index contributed by atoms with van der Waals surface area (Å²) in [6.45, 7) is 4.68. The van der Waals surface area contributed by atoms with Crippen LogP contribution in [0, 0.1) is 11.7 Å². The van der Waals surface area contributed by atoms with Gasteiger partial charge in [-0.3, -0.25) is 9.59 Å². The minimum Gasteiger partial charge on any atom is -0.334 e. The third-order valence-electron chi connectivity index (χ3n) is 6.91. The van der Waals surface area contributed by atoms with Crippen molar-refractivity contribution in [3.05, 3.63) is 35.6 Å². The molecule has 0 radical (unpaired) electrons. The van der Waals surface area contributed by atoms with Crippen LogP contribution in [0.25, 0.3) is 0 Å².